The Labute approximate surface area is 170 Å². The van der Waals surface area contributed by atoms with E-state index < -0.39 is 33.2 Å². The van der Waals surface area contributed by atoms with Crippen LogP contribution in [-0.2, 0) is 21.2 Å². The van der Waals surface area contributed by atoms with Crippen LogP contribution in [0.3, 0.4) is 0 Å². The van der Waals surface area contributed by atoms with Gasteiger partial charge in [0.05, 0.1) is 6.42 Å². The smallest absolute Gasteiger partial charge is 0.387 e. The first-order valence-corrected chi connectivity index (χ1v) is 10.4. The Morgan fingerprint density at radius 2 is 1.63 bits per heavy atom. The molecule has 2 aromatic rings. The van der Waals surface area contributed by atoms with E-state index in [0.29, 0.717) is 11.6 Å². The van der Waals surface area contributed by atoms with Gasteiger partial charge in [0.25, 0.3) is 0 Å². The van der Waals surface area contributed by atoms with Gasteiger partial charge < -0.3 is 9.64 Å². The van der Waals surface area contributed by atoms with Crippen LogP contribution in [0.25, 0.3) is 0 Å². The summed E-state index contributed by atoms with van der Waals surface area (Å²) in [7, 11) is -4.15. The quantitative estimate of drug-likeness (QED) is 0.640. The van der Waals surface area contributed by atoms with Crippen LogP contribution in [0.2, 0.25) is 0 Å². The summed E-state index contributed by atoms with van der Waals surface area (Å²) in [6.07, 6.45) is 0.00823. The van der Waals surface area contributed by atoms with Crippen molar-refractivity contribution in [2.75, 3.05) is 26.2 Å². The Morgan fingerprint density at radius 3 is 2.20 bits per heavy atom. The Kier molecular flexibility index (Phi) is 6.61. The van der Waals surface area contributed by atoms with Crippen LogP contribution < -0.4 is 4.74 Å². The van der Waals surface area contributed by atoms with Crippen LogP contribution in [0.1, 0.15) is 5.56 Å². The predicted octanol–water partition coefficient (Wildman–Crippen LogP) is 2.64. The number of alkyl halides is 2. The summed E-state index contributed by atoms with van der Waals surface area (Å²) in [6, 6.07) is 7.89. The first-order chi connectivity index (χ1) is 14.2. The molecule has 1 amide bonds. The standard InChI is InChI=1S/C19H18F4N2O4S/c20-14-3-6-17(16(21)12-14)30(27,28)25-9-7-24(8-10-25)18(26)11-13-1-4-15(5-2-13)29-19(22)23/h1-6,12,19H,7-11H2. The first-order valence-electron chi connectivity index (χ1n) is 8.93. The van der Waals surface area contributed by atoms with Crippen LogP contribution in [0, 0.1) is 11.6 Å². The fourth-order valence-electron chi connectivity index (χ4n) is 3.08. The summed E-state index contributed by atoms with van der Waals surface area (Å²) < 4.78 is 81.7. The Bertz CT molecular complexity index is 1010. The molecule has 6 nitrogen and oxygen atoms in total. The summed E-state index contributed by atoms with van der Waals surface area (Å²) in [5.74, 6) is -2.33. The van der Waals surface area contributed by atoms with Crippen molar-refractivity contribution in [1.82, 2.24) is 9.21 Å². The second-order valence-corrected chi connectivity index (χ2v) is 8.47. The highest BCUT2D eigenvalue weighted by Gasteiger charge is 2.32. The van der Waals surface area contributed by atoms with E-state index in [4.69, 9.17) is 0 Å². The van der Waals surface area contributed by atoms with Crippen molar-refractivity contribution in [3.05, 3.63) is 59.7 Å². The molecule has 0 bridgehead atoms. The highest BCUT2D eigenvalue weighted by Crippen LogP contribution is 2.22. The predicted molar refractivity (Wildman–Crippen MR) is 98.5 cm³/mol. The van der Waals surface area contributed by atoms with E-state index in [1.165, 1.54) is 29.2 Å². The molecule has 0 spiro atoms. The number of halogens is 4. The zero-order valence-corrected chi connectivity index (χ0v) is 16.4. The van der Waals surface area contributed by atoms with Gasteiger partial charge in [-0.25, -0.2) is 17.2 Å². The Balaban J connectivity index is 1.59. The monoisotopic (exact) mass is 446 g/mol. The van der Waals surface area contributed by atoms with Gasteiger partial charge in [0.2, 0.25) is 15.9 Å². The van der Waals surface area contributed by atoms with E-state index in [0.717, 1.165) is 16.4 Å². The average Bonchev–Trinajstić information content (AvgIpc) is 2.69. The van der Waals surface area contributed by atoms with E-state index in [2.05, 4.69) is 4.74 Å². The third kappa shape index (κ3) is 5.08. The number of nitrogens with zero attached hydrogens (tertiary/aromatic N) is 2. The lowest BCUT2D eigenvalue weighted by atomic mass is 10.1. The highest BCUT2D eigenvalue weighted by molar-refractivity contribution is 7.89. The molecule has 0 aliphatic carbocycles. The largest absolute Gasteiger partial charge is 0.435 e. The van der Waals surface area contributed by atoms with E-state index in [1.807, 2.05) is 0 Å². The maximum atomic E-state index is 13.9. The molecule has 2 aromatic carbocycles. The molecular weight excluding hydrogens is 428 g/mol. The number of piperazine rings is 1. The number of carbonyl (C=O) groups excluding carboxylic acids is 1. The zero-order valence-electron chi connectivity index (χ0n) is 15.6. The van der Waals surface area contributed by atoms with E-state index >= 15 is 0 Å². The number of carbonyl (C=O) groups is 1. The van der Waals surface area contributed by atoms with Crippen molar-refractivity contribution >= 4 is 15.9 Å². The molecule has 0 saturated carbocycles. The van der Waals surface area contributed by atoms with Crippen LogP contribution >= 0.6 is 0 Å². The molecule has 0 aromatic heterocycles. The lowest BCUT2D eigenvalue weighted by molar-refractivity contribution is -0.131. The van der Waals surface area contributed by atoms with Crippen molar-refractivity contribution in [3.8, 4) is 5.75 Å². The van der Waals surface area contributed by atoms with Gasteiger partial charge in [0, 0.05) is 32.2 Å². The Hall–Kier alpha value is -2.66. The maximum Gasteiger partial charge on any atom is 0.387 e. The van der Waals surface area contributed by atoms with Gasteiger partial charge in [-0.1, -0.05) is 12.1 Å². The summed E-state index contributed by atoms with van der Waals surface area (Å²) in [6.45, 7) is -2.80. The molecule has 30 heavy (non-hydrogen) atoms. The van der Waals surface area contributed by atoms with Crippen LogP contribution in [0.5, 0.6) is 5.75 Å². The summed E-state index contributed by atoms with van der Waals surface area (Å²) in [5.41, 5.74) is 0.588. The van der Waals surface area contributed by atoms with Crippen LogP contribution in [0.15, 0.2) is 47.4 Å². The van der Waals surface area contributed by atoms with Crippen LogP contribution in [0.4, 0.5) is 17.6 Å². The van der Waals surface area contributed by atoms with Gasteiger partial charge in [-0.15, -0.1) is 0 Å². The van der Waals surface area contributed by atoms with Gasteiger partial charge in [0.15, 0.2) is 0 Å². The molecule has 0 atom stereocenters. The number of hydrogen-bond acceptors (Lipinski definition) is 4. The lowest BCUT2D eigenvalue weighted by Gasteiger charge is -2.34. The maximum absolute atomic E-state index is 13.9. The van der Waals surface area contributed by atoms with Crippen molar-refractivity contribution < 1.29 is 35.5 Å². The van der Waals surface area contributed by atoms with Gasteiger partial charge in [-0.05, 0) is 29.8 Å². The number of benzene rings is 2. The average molecular weight is 446 g/mol. The van der Waals surface area contributed by atoms with Crippen molar-refractivity contribution in [1.29, 1.82) is 0 Å². The van der Waals surface area contributed by atoms with Crippen LogP contribution in [-0.4, -0.2) is 56.3 Å². The minimum Gasteiger partial charge on any atom is -0.435 e. The first kappa shape index (κ1) is 22.0. The molecule has 1 heterocycles. The van der Waals surface area contributed by atoms with Gasteiger partial charge in [-0.3, -0.25) is 4.79 Å². The minimum absolute atomic E-state index is 0.00823. The molecule has 0 radical (unpaired) electrons. The number of ether oxygens (including phenoxy) is 1. The van der Waals surface area contributed by atoms with Crippen molar-refractivity contribution in [2.45, 2.75) is 17.9 Å². The Morgan fingerprint density at radius 1 is 1.00 bits per heavy atom. The summed E-state index contributed by atoms with van der Waals surface area (Å²) in [5, 5.41) is 0. The fourth-order valence-corrected chi connectivity index (χ4v) is 4.54. The van der Waals surface area contributed by atoms with E-state index in [-0.39, 0.29) is 44.3 Å². The number of sulfonamides is 1. The molecule has 0 unspecified atom stereocenters. The SMILES string of the molecule is O=C(Cc1ccc(OC(F)F)cc1)N1CCN(S(=O)(=O)c2ccc(F)cc2F)CC1. The second-order valence-electron chi connectivity index (χ2n) is 6.56. The number of hydrogen-bond donors (Lipinski definition) is 0. The number of rotatable bonds is 6. The fraction of sp³-hybridized carbons (Fsp3) is 0.316. The van der Waals surface area contributed by atoms with Crippen molar-refractivity contribution in [3.63, 3.8) is 0 Å². The molecule has 3 rings (SSSR count). The topological polar surface area (TPSA) is 66.9 Å². The molecule has 1 aliphatic rings. The minimum atomic E-state index is -4.15. The molecule has 162 valence electrons. The number of amides is 1. The molecule has 1 aliphatic heterocycles. The van der Waals surface area contributed by atoms with Gasteiger partial charge in [-0.2, -0.15) is 13.1 Å². The normalized spacial score (nSPS) is 15.4. The molecule has 11 heteroatoms. The summed E-state index contributed by atoms with van der Waals surface area (Å²) >= 11 is 0. The lowest BCUT2D eigenvalue weighted by Crippen LogP contribution is -2.51. The van der Waals surface area contributed by atoms with Crippen molar-refractivity contribution in [2.24, 2.45) is 0 Å². The molecule has 0 N–H and O–H groups in total. The second kappa shape index (κ2) is 9.00. The summed E-state index contributed by atoms with van der Waals surface area (Å²) in [4.78, 5) is 13.3. The van der Waals surface area contributed by atoms with E-state index in [1.54, 1.807) is 0 Å². The molecule has 1 saturated heterocycles. The highest BCUT2D eigenvalue weighted by atomic mass is 32.2. The van der Waals surface area contributed by atoms with Gasteiger partial charge >= 0.3 is 6.61 Å². The molecular formula is C19H18F4N2O4S. The molecule has 1 fully saturated rings. The zero-order chi connectivity index (χ0) is 21.9. The third-order valence-corrected chi connectivity index (χ3v) is 6.54. The third-order valence-electron chi connectivity index (χ3n) is 4.61. The van der Waals surface area contributed by atoms with Gasteiger partial charge in [0.1, 0.15) is 22.3 Å². The van der Waals surface area contributed by atoms with E-state index in [9.17, 15) is 30.8 Å².